The van der Waals surface area contributed by atoms with Crippen LogP contribution in [0.4, 0.5) is 0 Å². The number of nitrogens with zero attached hydrogens (tertiary/aromatic N) is 3. The Balaban J connectivity index is 1.86. The fourth-order valence-corrected chi connectivity index (χ4v) is 2.48. The second-order valence-corrected chi connectivity index (χ2v) is 4.42. The summed E-state index contributed by atoms with van der Waals surface area (Å²) in [7, 11) is 0. The maximum atomic E-state index is 12.3. The van der Waals surface area contributed by atoms with E-state index >= 15 is 0 Å². The fraction of sp³-hybridized carbons (Fsp3) is 0.308. The summed E-state index contributed by atoms with van der Waals surface area (Å²) in [5.74, 6) is -0.0462. The van der Waals surface area contributed by atoms with E-state index in [1.807, 2.05) is 23.1 Å². The summed E-state index contributed by atoms with van der Waals surface area (Å²) < 4.78 is 0. The molecule has 5 nitrogen and oxygen atoms in total. The molecule has 1 aliphatic rings. The quantitative estimate of drug-likeness (QED) is 0.873. The molecule has 3 rings (SSSR count). The molecule has 1 N–H and O–H groups in total. The van der Waals surface area contributed by atoms with E-state index in [2.05, 4.69) is 27.5 Å². The van der Waals surface area contributed by atoms with E-state index in [4.69, 9.17) is 0 Å². The van der Waals surface area contributed by atoms with Gasteiger partial charge in [-0.05, 0) is 18.4 Å². The molecule has 92 valence electrons. The van der Waals surface area contributed by atoms with Crippen LogP contribution in [-0.4, -0.2) is 32.8 Å². The number of benzene rings is 1. The van der Waals surface area contributed by atoms with Crippen molar-refractivity contribution in [3.05, 3.63) is 47.8 Å². The van der Waals surface area contributed by atoms with Crippen LogP contribution in [0.25, 0.3) is 0 Å². The number of carbonyl (C=O) groups excluding carboxylic acids is 1. The van der Waals surface area contributed by atoms with Crippen LogP contribution in [0, 0.1) is 0 Å². The van der Waals surface area contributed by atoms with Crippen molar-refractivity contribution in [1.82, 2.24) is 20.3 Å². The van der Waals surface area contributed by atoms with Crippen molar-refractivity contribution in [3.8, 4) is 0 Å². The maximum absolute atomic E-state index is 12.3. The van der Waals surface area contributed by atoms with Crippen molar-refractivity contribution in [2.75, 3.05) is 6.54 Å². The summed E-state index contributed by atoms with van der Waals surface area (Å²) in [5, 5.41) is 10.0. The predicted octanol–water partition coefficient (Wildman–Crippen LogP) is 1.78. The van der Waals surface area contributed by atoms with Gasteiger partial charge in [-0.3, -0.25) is 4.79 Å². The van der Waals surface area contributed by atoms with E-state index in [0.29, 0.717) is 5.69 Å². The Morgan fingerprint density at radius 1 is 1.33 bits per heavy atom. The SMILES string of the molecule is O=C(c1cn[nH]n1)N1CCCC1c1ccccc1. The molecule has 1 saturated heterocycles. The number of aromatic nitrogens is 3. The van der Waals surface area contributed by atoms with Crippen LogP contribution in [0.2, 0.25) is 0 Å². The molecule has 2 aromatic rings. The molecular formula is C13H14N4O. The van der Waals surface area contributed by atoms with Gasteiger partial charge in [0.15, 0.2) is 5.69 Å². The van der Waals surface area contributed by atoms with Gasteiger partial charge in [0, 0.05) is 6.54 Å². The number of amides is 1. The van der Waals surface area contributed by atoms with Gasteiger partial charge in [-0.15, -0.1) is 0 Å². The number of likely N-dealkylation sites (tertiary alicyclic amines) is 1. The molecule has 1 unspecified atom stereocenters. The number of H-pyrrole nitrogens is 1. The van der Waals surface area contributed by atoms with Gasteiger partial charge in [-0.1, -0.05) is 30.3 Å². The number of aromatic amines is 1. The van der Waals surface area contributed by atoms with Crippen molar-refractivity contribution >= 4 is 5.91 Å². The molecule has 5 heteroatoms. The summed E-state index contributed by atoms with van der Waals surface area (Å²) in [6.07, 6.45) is 3.51. The maximum Gasteiger partial charge on any atom is 0.276 e. The largest absolute Gasteiger partial charge is 0.330 e. The van der Waals surface area contributed by atoms with Crippen LogP contribution in [0.5, 0.6) is 0 Å². The van der Waals surface area contributed by atoms with Crippen LogP contribution in [0.1, 0.15) is 34.9 Å². The minimum Gasteiger partial charge on any atom is -0.330 e. The fourth-order valence-electron chi connectivity index (χ4n) is 2.48. The van der Waals surface area contributed by atoms with E-state index in [0.717, 1.165) is 19.4 Å². The van der Waals surface area contributed by atoms with Gasteiger partial charge in [-0.25, -0.2) is 0 Å². The number of hydrogen-bond acceptors (Lipinski definition) is 3. The number of carbonyl (C=O) groups is 1. The average molecular weight is 242 g/mol. The Morgan fingerprint density at radius 3 is 2.89 bits per heavy atom. The summed E-state index contributed by atoms with van der Waals surface area (Å²) in [4.78, 5) is 14.2. The third-order valence-electron chi connectivity index (χ3n) is 3.33. The Hall–Kier alpha value is -2.17. The molecule has 0 saturated carbocycles. The lowest BCUT2D eigenvalue weighted by molar-refractivity contribution is 0.0729. The molecule has 0 radical (unpaired) electrons. The minimum absolute atomic E-state index is 0.0462. The smallest absolute Gasteiger partial charge is 0.276 e. The number of hydrogen-bond donors (Lipinski definition) is 1. The molecule has 1 amide bonds. The highest BCUT2D eigenvalue weighted by molar-refractivity contribution is 5.92. The third kappa shape index (κ3) is 1.88. The van der Waals surface area contributed by atoms with Gasteiger partial charge in [0.05, 0.1) is 12.2 Å². The standard InChI is InChI=1S/C13H14N4O/c18-13(11-9-14-16-15-11)17-8-4-7-12(17)10-5-2-1-3-6-10/h1-3,5-6,9,12H,4,7-8H2,(H,14,15,16). The molecule has 1 aromatic carbocycles. The second kappa shape index (κ2) is 4.60. The lowest BCUT2D eigenvalue weighted by atomic mass is 10.0. The molecule has 1 atom stereocenters. The van der Waals surface area contributed by atoms with Crippen molar-refractivity contribution in [3.63, 3.8) is 0 Å². The van der Waals surface area contributed by atoms with E-state index < -0.39 is 0 Å². The van der Waals surface area contributed by atoms with Crippen LogP contribution >= 0.6 is 0 Å². The van der Waals surface area contributed by atoms with Crippen molar-refractivity contribution in [2.24, 2.45) is 0 Å². The highest BCUT2D eigenvalue weighted by atomic mass is 16.2. The van der Waals surface area contributed by atoms with Gasteiger partial charge in [0.2, 0.25) is 0 Å². The molecule has 1 aromatic heterocycles. The molecule has 2 heterocycles. The molecule has 1 aliphatic heterocycles. The average Bonchev–Trinajstić information content (AvgIpc) is 3.10. The summed E-state index contributed by atoms with van der Waals surface area (Å²) in [6.45, 7) is 0.783. The molecule has 0 aliphatic carbocycles. The first kappa shape index (κ1) is 11.0. The molecule has 1 fully saturated rings. The zero-order chi connectivity index (χ0) is 12.4. The zero-order valence-corrected chi connectivity index (χ0v) is 9.91. The zero-order valence-electron chi connectivity index (χ0n) is 9.91. The molecular weight excluding hydrogens is 228 g/mol. The van der Waals surface area contributed by atoms with Gasteiger partial charge in [-0.2, -0.15) is 15.4 Å². The van der Waals surface area contributed by atoms with Crippen molar-refractivity contribution in [2.45, 2.75) is 18.9 Å². The lowest BCUT2D eigenvalue weighted by Gasteiger charge is -2.24. The Bertz CT molecular complexity index is 523. The normalized spacial score (nSPS) is 19.1. The van der Waals surface area contributed by atoms with Crippen molar-refractivity contribution in [1.29, 1.82) is 0 Å². The summed E-state index contributed by atoms with van der Waals surface area (Å²) >= 11 is 0. The predicted molar refractivity (Wildman–Crippen MR) is 65.8 cm³/mol. The number of rotatable bonds is 2. The van der Waals surface area contributed by atoms with Crippen LogP contribution in [0.3, 0.4) is 0 Å². The van der Waals surface area contributed by atoms with Crippen LogP contribution in [0.15, 0.2) is 36.5 Å². The highest BCUT2D eigenvalue weighted by Gasteiger charge is 2.31. The minimum atomic E-state index is -0.0462. The molecule has 18 heavy (non-hydrogen) atoms. The van der Waals surface area contributed by atoms with Gasteiger partial charge in [0.25, 0.3) is 5.91 Å². The first-order chi connectivity index (χ1) is 8.86. The Morgan fingerprint density at radius 2 is 2.17 bits per heavy atom. The second-order valence-electron chi connectivity index (χ2n) is 4.42. The third-order valence-corrected chi connectivity index (χ3v) is 3.33. The monoisotopic (exact) mass is 242 g/mol. The molecule has 0 bridgehead atoms. The van der Waals surface area contributed by atoms with Crippen molar-refractivity contribution < 1.29 is 4.79 Å². The topological polar surface area (TPSA) is 61.9 Å². The first-order valence-corrected chi connectivity index (χ1v) is 6.08. The highest BCUT2D eigenvalue weighted by Crippen LogP contribution is 2.32. The summed E-state index contributed by atoms with van der Waals surface area (Å²) in [6, 6.07) is 10.3. The van der Waals surface area contributed by atoms with Gasteiger partial charge < -0.3 is 4.90 Å². The van der Waals surface area contributed by atoms with Gasteiger partial charge in [0.1, 0.15) is 0 Å². The van der Waals surface area contributed by atoms with E-state index in [-0.39, 0.29) is 11.9 Å². The summed E-state index contributed by atoms with van der Waals surface area (Å²) in [5.41, 5.74) is 1.57. The Labute approximate surface area is 105 Å². The van der Waals surface area contributed by atoms with E-state index in [1.165, 1.54) is 11.8 Å². The first-order valence-electron chi connectivity index (χ1n) is 6.08. The van der Waals surface area contributed by atoms with E-state index in [1.54, 1.807) is 0 Å². The van der Waals surface area contributed by atoms with Crippen LogP contribution < -0.4 is 0 Å². The molecule has 0 spiro atoms. The number of nitrogens with one attached hydrogen (secondary N) is 1. The lowest BCUT2D eigenvalue weighted by Crippen LogP contribution is -2.30. The van der Waals surface area contributed by atoms with E-state index in [9.17, 15) is 4.79 Å². The van der Waals surface area contributed by atoms with Gasteiger partial charge >= 0.3 is 0 Å². The Kier molecular flexibility index (Phi) is 2.80. The van der Waals surface area contributed by atoms with Crippen LogP contribution in [-0.2, 0) is 0 Å².